The Morgan fingerprint density at radius 2 is 1.13 bits per heavy atom. The normalized spacial score (nSPS) is 13.3. The summed E-state index contributed by atoms with van der Waals surface area (Å²) in [5.74, 6) is 0. The van der Waals surface area contributed by atoms with Crippen LogP contribution < -0.4 is 4.90 Å². The lowest BCUT2D eigenvalue weighted by Gasteiger charge is -2.25. The lowest BCUT2D eigenvalue weighted by atomic mass is 9.82. The number of hydrogen-bond donors (Lipinski definition) is 0. The summed E-state index contributed by atoms with van der Waals surface area (Å²) in [6.07, 6.45) is 0. The molecule has 0 N–H and O–H groups in total. The van der Waals surface area contributed by atoms with Gasteiger partial charge < -0.3 is 9.47 Å². The third-order valence-electron chi connectivity index (χ3n) is 9.75. The van der Waals surface area contributed by atoms with E-state index in [4.69, 9.17) is 0 Å². The van der Waals surface area contributed by atoms with Gasteiger partial charge in [-0.2, -0.15) is 0 Å². The van der Waals surface area contributed by atoms with Gasteiger partial charge in [-0.3, -0.25) is 0 Å². The third kappa shape index (κ3) is 3.82. The van der Waals surface area contributed by atoms with Gasteiger partial charge in [-0.1, -0.05) is 117 Å². The van der Waals surface area contributed by atoms with Crippen LogP contribution >= 0.6 is 0 Å². The van der Waals surface area contributed by atoms with Crippen molar-refractivity contribution in [2.24, 2.45) is 0 Å². The van der Waals surface area contributed by atoms with E-state index in [1.54, 1.807) is 0 Å². The minimum Gasteiger partial charge on any atom is -0.310 e. The molecular formula is C43H32N2. The molecule has 0 unspecified atom stereocenters. The molecule has 1 aromatic heterocycles. The number of anilines is 3. The van der Waals surface area contributed by atoms with E-state index >= 15 is 0 Å². The van der Waals surface area contributed by atoms with Crippen LogP contribution in [0.3, 0.4) is 0 Å². The summed E-state index contributed by atoms with van der Waals surface area (Å²) < 4.78 is 2.48. The maximum Gasteiger partial charge on any atom is 0.0562 e. The summed E-state index contributed by atoms with van der Waals surface area (Å²) in [6, 6.07) is 57.6. The van der Waals surface area contributed by atoms with Crippen molar-refractivity contribution in [1.82, 2.24) is 4.57 Å². The molecule has 0 fully saturated rings. The fourth-order valence-corrected chi connectivity index (χ4v) is 7.64. The summed E-state index contributed by atoms with van der Waals surface area (Å²) in [5, 5.41) is 5.09. The molecule has 45 heavy (non-hydrogen) atoms. The van der Waals surface area contributed by atoms with Crippen LogP contribution in [-0.4, -0.2) is 4.57 Å². The van der Waals surface area contributed by atoms with E-state index in [2.05, 4.69) is 181 Å². The van der Waals surface area contributed by atoms with Crippen molar-refractivity contribution < 1.29 is 0 Å². The molecule has 1 aliphatic carbocycles. The Bertz CT molecular complexity index is 2360. The van der Waals surface area contributed by atoms with Crippen LogP contribution in [0.5, 0.6) is 0 Å². The van der Waals surface area contributed by atoms with E-state index in [1.165, 1.54) is 60.5 Å². The van der Waals surface area contributed by atoms with E-state index in [1.807, 2.05) is 0 Å². The number of fused-ring (bicyclic) bond motifs is 8. The number of para-hydroxylation sites is 2. The van der Waals surface area contributed by atoms with Crippen LogP contribution in [0.2, 0.25) is 0 Å². The molecule has 1 aliphatic rings. The molecule has 2 nitrogen and oxygen atoms in total. The molecule has 0 bridgehead atoms. The lowest BCUT2D eigenvalue weighted by molar-refractivity contribution is 0.660. The molecule has 9 rings (SSSR count). The Kier molecular flexibility index (Phi) is 5.58. The van der Waals surface area contributed by atoms with Gasteiger partial charge >= 0.3 is 0 Å². The van der Waals surface area contributed by atoms with Crippen LogP contribution in [0.1, 0.15) is 25.0 Å². The summed E-state index contributed by atoms with van der Waals surface area (Å²) in [7, 11) is 0. The molecule has 2 heteroatoms. The monoisotopic (exact) mass is 576 g/mol. The first kappa shape index (κ1) is 25.9. The second kappa shape index (κ2) is 9.70. The average molecular weight is 577 g/mol. The zero-order valence-electron chi connectivity index (χ0n) is 25.4. The summed E-state index contributed by atoms with van der Waals surface area (Å²) in [6.45, 7) is 4.69. The second-order valence-corrected chi connectivity index (χ2v) is 12.6. The van der Waals surface area contributed by atoms with Gasteiger partial charge in [-0.25, -0.2) is 0 Å². The van der Waals surface area contributed by atoms with Gasteiger partial charge in [-0.15, -0.1) is 0 Å². The minimum atomic E-state index is -0.0273. The number of benzene rings is 7. The Morgan fingerprint density at radius 1 is 0.467 bits per heavy atom. The van der Waals surface area contributed by atoms with Crippen molar-refractivity contribution in [2.75, 3.05) is 4.90 Å². The van der Waals surface area contributed by atoms with Gasteiger partial charge in [-0.05, 0) is 87.6 Å². The van der Waals surface area contributed by atoms with Crippen LogP contribution in [0.25, 0.3) is 49.4 Å². The Hall–Kier alpha value is -5.60. The zero-order chi connectivity index (χ0) is 30.1. The number of rotatable bonds is 4. The van der Waals surface area contributed by atoms with Crippen molar-refractivity contribution in [2.45, 2.75) is 19.3 Å². The molecule has 7 aromatic carbocycles. The first-order valence-electron chi connectivity index (χ1n) is 15.7. The largest absolute Gasteiger partial charge is 0.310 e. The summed E-state index contributed by atoms with van der Waals surface area (Å²) in [4.78, 5) is 2.35. The van der Waals surface area contributed by atoms with Crippen LogP contribution in [0.4, 0.5) is 17.1 Å². The van der Waals surface area contributed by atoms with Crippen molar-refractivity contribution in [3.63, 3.8) is 0 Å². The van der Waals surface area contributed by atoms with Crippen LogP contribution in [-0.2, 0) is 5.41 Å². The second-order valence-electron chi connectivity index (χ2n) is 12.6. The first-order chi connectivity index (χ1) is 22.1. The quantitative estimate of drug-likeness (QED) is 0.202. The molecule has 214 valence electrons. The van der Waals surface area contributed by atoms with Gasteiger partial charge in [0.25, 0.3) is 0 Å². The Labute approximate surface area is 263 Å². The van der Waals surface area contributed by atoms with Crippen LogP contribution in [0, 0.1) is 0 Å². The molecule has 8 aromatic rings. The molecular weight excluding hydrogens is 544 g/mol. The standard InChI is InChI=1S/C43H32N2/c1-43(2)38-20-12-11-19-35(38)37-27-32(23-25-39(37)43)45-40-26-21-29-13-9-10-18-34(29)42(40)36-24-22-33(28-41(36)45)44(30-14-5-3-6-15-30)31-16-7-4-8-17-31/h3-28H,1-2H3. The topological polar surface area (TPSA) is 8.17 Å². The molecule has 0 radical (unpaired) electrons. The summed E-state index contributed by atoms with van der Waals surface area (Å²) >= 11 is 0. The summed E-state index contributed by atoms with van der Waals surface area (Å²) in [5.41, 5.74) is 12.4. The van der Waals surface area contributed by atoms with Gasteiger partial charge in [0.2, 0.25) is 0 Å². The van der Waals surface area contributed by atoms with E-state index in [-0.39, 0.29) is 5.41 Å². The first-order valence-corrected chi connectivity index (χ1v) is 15.7. The van der Waals surface area contributed by atoms with Crippen LogP contribution in [0.15, 0.2) is 158 Å². The molecule has 0 saturated heterocycles. The number of aromatic nitrogens is 1. The van der Waals surface area contributed by atoms with Crippen molar-refractivity contribution in [3.8, 4) is 16.8 Å². The fraction of sp³-hybridized carbons (Fsp3) is 0.0698. The molecule has 0 amide bonds. The fourth-order valence-electron chi connectivity index (χ4n) is 7.64. The molecule has 0 spiro atoms. The van der Waals surface area contributed by atoms with Gasteiger partial charge in [0.05, 0.1) is 11.0 Å². The highest BCUT2D eigenvalue weighted by atomic mass is 15.1. The molecule has 0 saturated carbocycles. The van der Waals surface area contributed by atoms with E-state index in [0.29, 0.717) is 0 Å². The average Bonchev–Trinajstić information content (AvgIpc) is 3.54. The highest BCUT2D eigenvalue weighted by Gasteiger charge is 2.35. The zero-order valence-corrected chi connectivity index (χ0v) is 25.4. The predicted octanol–water partition coefficient (Wildman–Crippen LogP) is 11.7. The maximum absolute atomic E-state index is 2.48. The highest BCUT2D eigenvalue weighted by Crippen LogP contribution is 2.50. The van der Waals surface area contributed by atoms with Gasteiger partial charge in [0.1, 0.15) is 0 Å². The van der Waals surface area contributed by atoms with E-state index in [9.17, 15) is 0 Å². The van der Waals surface area contributed by atoms with Crippen molar-refractivity contribution >= 4 is 49.6 Å². The predicted molar refractivity (Wildman–Crippen MR) is 191 cm³/mol. The van der Waals surface area contributed by atoms with Gasteiger partial charge in [0.15, 0.2) is 0 Å². The maximum atomic E-state index is 2.48. The smallest absolute Gasteiger partial charge is 0.0562 e. The Morgan fingerprint density at radius 3 is 1.91 bits per heavy atom. The molecule has 0 aliphatic heterocycles. The highest BCUT2D eigenvalue weighted by molar-refractivity contribution is 6.21. The van der Waals surface area contributed by atoms with Crippen molar-refractivity contribution in [1.29, 1.82) is 0 Å². The number of hydrogen-bond acceptors (Lipinski definition) is 1. The number of nitrogens with zero attached hydrogens (tertiary/aromatic N) is 2. The minimum absolute atomic E-state index is 0.0273. The van der Waals surface area contributed by atoms with E-state index in [0.717, 1.165) is 17.1 Å². The third-order valence-corrected chi connectivity index (χ3v) is 9.75. The SMILES string of the molecule is CC1(C)c2ccccc2-c2cc(-n3c4cc(N(c5ccccc5)c5ccccc5)ccc4c4c5ccccc5ccc43)ccc21. The van der Waals surface area contributed by atoms with E-state index < -0.39 is 0 Å². The molecule has 1 heterocycles. The lowest BCUT2D eigenvalue weighted by Crippen LogP contribution is -2.14. The van der Waals surface area contributed by atoms with Crippen molar-refractivity contribution in [3.05, 3.63) is 169 Å². The molecule has 0 atom stereocenters. The Balaban J connectivity index is 1.35. The van der Waals surface area contributed by atoms with Gasteiger partial charge in [0, 0.05) is 38.9 Å².